The minimum atomic E-state index is -0.354. The smallest absolute Gasteiger partial charge is 0.240 e. The number of nitrogens with two attached hydrogens (primary N) is 1. The van der Waals surface area contributed by atoms with Gasteiger partial charge >= 0.3 is 0 Å². The highest BCUT2D eigenvalue weighted by Gasteiger charge is 2.23. The molecule has 2 N–H and O–H groups in total. The Morgan fingerprint density at radius 1 is 1.50 bits per heavy atom. The van der Waals surface area contributed by atoms with E-state index in [9.17, 15) is 4.79 Å². The number of hydrogen-bond donors (Lipinski definition) is 1. The monoisotopic (exact) mass is 268 g/mol. The molecule has 0 bridgehead atoms. The zero-order valence-electron chi connectivity index (χ0n) is 11.6. The van der Waals surface area contributed by atoms with Crippen LogP contribution in [-0.4, -0.2) is 22.9 Å². The Morgan fingerprint density at radius 2 is 2.22 bits per heavy atom. The Labute approximate surface area is 114 Å². The molecule has 0 aliphatic heterocycles. The molecule has 1 rings (SSSR count). The zero-order valence-corrected chi connectivity index (χ0v) is 12.4. The minimum Gasteiger partial charge on any atom is -0.334 e. The minimum absolute atomic E-state index is 0.0758. The zero-order chi connectivity index (χ0) is 13.5. The van der Waals surface area contributed by atoms with Gasteiger partial charge in [0.1, 0.15) is 0 Å². The molecule has 3 nitrogen and oxygen atoms in total. The molecule has 0 fully saturated rings. The summed E-state index contributed by atoms with van der Waals surface area (Å²) in [6.07, 6.45) is 2.87. The Kier molecular flexibility index (Phi) is 6.36. The molecule has 0 aliphatic carbocycles. The summed E-state index contributed by atoms with van der Waals surface area (Å²) in [4.78, 5) is 15.4. The van der Waals surface area contributed by atoms with Crippen molar-refractivity contribution in [3.63, 3.8) is 0 Å². The molecule has 1 amide bonds. The number of amides is 1. The van der Waals surface area contributed by atoms with Crippen molar-refractivity contribution < 1.29 is 4.79 Å². The number of nitrogens with zero attached hydrogens (tertiary/aromatic N) is 1. The maximum absolute atomic E-state index is 12.3. The van der Waals surface area contributed by atoms with Gasteiger partial charge in [-0.3, -0.25) is 4.79 Å². The lowest BCUT2D eigenvalue weighted by Gasteiger charge is -2.29. The summed E-state index contributed by atoms with van der Waals surface area (Å²) in [7, 11) is 0. The van der Waals surface area contributed by atoms with Crippen LogP contribution in [0.5, 0.6) is 0 Å². The molecule has 102 valence electrons. The van der Waals surface area contributed by atoms with E-state index < -0.39 is 0 Å². The standard InChI is InChI=1S/C14H24N2OS/c1-4-5-8-13(15)14(17)16(11(2)3)10-12-7-6-9-18-12/h6-7,9,11,13H,4-5,8,10,15H2,1-3H3/t13-/m0/s1. The van der Waals surface area contributed by atoms with E-state index in [1.54, 1.807) is 11.3 Å². The fourth-order valence-corrected chi connectivity index (χ4v) is 2.55. The Balaban J connectivity index is 2.63. The van der Waals surface area contributed by atoms with Gasteiger partial charge in [0, 0.05) is 10.9 Å². The van der Waals surface area contributed by atoms with Crippen molar-refractivity contribution in [3.8, 4) is 0 Å². The highest BCUT2D eigenvalue weighted by molar-refractivity contribution is 7.09. The van der Waals surface area contributed by atoms with Crippen LogP contribution < -0.4 is 5.73 Å². The number of thiophene rings is 1. The first-order valence-corrected chi connectivity index (χ1v) is 7.52. The molecule has 0 spiro atoms. The van der Waals surface area contributed by atoms with E-state index in [0.29, 0.717) is 6.54 Å². The summed E-state index contributed by atoms with van der Waals surface area (Å²) in [5, 5.41) is 2.04. The van der Waals surface area contributed by atoms with Crippen molar-refractivity contribution in [1.29, 1.82) is 0 Å². The van der Waals surface area contributed by atoms with Gasteiger partial charge < -0.3 is 10.6 Å². The topological polar surface area (TPSA) is 46.3 Å². The average molecular weight is 268 g/mol. The van der Waals surface area contributed by atoms with Gasteiger partial charge in [0.25, 0.3) is 0 Å². The fourth-order valence-electron chi connectivity index (χ4n) is 1.85. The third-order valence-electron chi connectivity index (χ3n) is 3.00. The molecule has 0 radical (unpaired) electrons. The number of carbonyl (C=O) groups excluding carboxylic acids is 1. The highest BCUT2D eigenvalue weighted by atomic mass is 32.1. The summed E-state index contributed by atoms with van der Waals surface area (Å²) in [6.45, 7) is 6.87. The van der Waals surface area contributed by atoms with Crippen molar-refractivity contribution in [3.05, 3.63) is 22.4 Å². The van der Waals surface area contributed by atoms with Gasteiger partial charge in [-0.05, 0) is 31.7 Å². The lowest BCUT2D eigenvalue weighted by Crippen LogP contribution is -2.46. The van der Waals surface area contributed by atoms with Crippen molar-refractivity contribution in [2.45, 2.75) is 58.7 Å². The molecule has 1 atom stereocenters. The molecule has 1 aromatic heterocycles. The van der Waals surface area contributed by atoms with E-state index in [-0.39, 0.29) is 18.0 Å². The molecule has 0 aliphatic rings. The Hall–Kier alpha value is -0.870. The van der Waals surface area contributed by atoms with Gasteiger partial charge in [-0.15, -0.1) is 11.3 Å². The van der Waals surface area contributed by atoms with E-state index in [4.69, 9.17) is 5.73 Å². The quantitative estimate of drug-likeness (QED) is 0.826. The summed E-state index contributed by atoms with van der Waals surface area (Å²) < 4.78 is 0. The second-order valence-corrected chi connectivity index (χ2v) is 5.92. The van der Waals surface area contributed by atoms with Crippen LogP contribution >= 0.6 is 11.3 Å². The van der Waals surface area contributed by atoms with Crippen molar-refractivity contribution in [1.82, 2.24) is 4.90 Å². The van der Waals surface area contributed by atoms with Gasteiger partial charge in [-0.25, -0.2) is 0 Å². The van der Waals surface area contributed by atoms with Crippen molar-refractivity contribution >= 4 is 17.2 Å². The van der Waals surface area contributed by atoms with Crippen LogP contribution in [0.4, 0.5) is 0 Å². The first-order valence-electron chi connectivity index (χ1n) is 6.64. The maximum atomic E-state index is 12.3. The van der Waals surface area contributed by atoms with E-state index >= 15 is 0 Å². The van der Waals surface area contributed by atoms with Gasteiger partial charge in [-0.2, -0.15) is 0 Å². The average Bonchev–Trinajstić information content (AvgIpc) is 2.84. The van der Waals surface area contributed by atoms with Crippen LogP contribution in [0, 0.1) is 0 Å². The molecule has 18 heavy (non-hydrogen) atoms. The predicted octanol–water partition coefficient (Wildman–Crippen LogP) is 3.00. The molecule has 0 saturated carbocycles. The van der Waals surface area contributed by atoms with Gasteiger partial charge in [0.05, 0.1) is 12.6 Å². The van der Waals surface area contributed by atoms with E-state index in [0.717, 1.165) is 19.3 Å². The number of hydrogen-bond acceptors (Lipinski definition) is 3. The normalized spacial score (nSPS) is 12.7. The molecule has 1 heterocycles. The maximum Gasteiger partial charge on any atom is 0.240 e. The summed E-state index contributed by atoms with van der Waals surface area (Å²) in [6, 6.07) is 3.91. The van der Waals surface area contributed by atoms with Gasteiger partial charge in [0.15, 0.2) is 0 Å². The number of unbranched alkanes of at least 4 members (excludes halogenated alkanes) is 1. The molecule has 0 unspecified atom stereocenters. The van der Waals surface area contributed by atoms with Crippen molar-refractivity contribution in [2.24, 2.45) is 5.73 Å². The van der Waals surface area contributed by atoms with Crippen LogP contribution in [0.3, 0.4) is 0 Å². The second-order valence-electron chi connectivity index (χ2n) is 4.89. The summed E-state index contributed by atoms with van der Waals surface area (Å²) in [5.74, 6) is 0.0758. The molecule has 0 saturated heterocycles. The lowest BCUT2D eigenvalue weighted by atomic mass is 10.1. The SMILES string of the molecule is CCCC[C@H](N)C(=O)N(Cc1cccs1)C(C)C. The molecule has 1 aromatic rings. The third-order valence-corrected chi connectivity index (χ3v) is 3.86. The first kappa shape index (κ1) is 15.2. The lowest BCUT2D eigenvalue weighted by molar-refractivity contribution is -0.135. The summed E-state index contributed by atoms with van der Waals surface area (Å²) in [5.41, 5.74) is 5.98. The second kappa shape index (κ2) is 7.54. The number of carbonyl (C=O) groups is 1. The highest BCUT2D eigenvalue weighted by Crippen LogP contribution is 2.15. The molecule has 0 aromatic carbocycles. The van der Waals surface area contributed by atoms with Crippen LogP contribution in [0.1, 0.15) is 44.9 Å². The molecular weight excluding hydrogens is 244 g/mol. The van der Waals surface area contributed by atoms with E-state index in [1.165, 1.54) is 4.88 Å². The van der Waals surface area contributed by atoms with Crippen LogP contribution in [-0.2, 0) is 11.3 Å². The molecular formula is C14H24N2OS. The number of rotatable bonds is 7. The van der Waals surface area contributed by atoms with Crippen LogP contribution in [0.15, 0.2) is 17.5 Å². The fraction of sp³-hybridized carbons (Fsp3) is 0.643. The summed E-state index contributed by atoms with van der Waals surface area (Å²) >= 11 is 1.68. The first-order chi connectivity index (χ1) is 8.56. The van der Waals surface area contributed by atoms with E-state index in [2.05, 4.69) is 13.0 Å². The van der Waals surface area contributed by atoms with Gasteiger partial charge in [0.2, 0.25) is 5.91 Å². The molecule has 4 heteroatoms. The van der Waals surface area contributed by atoms with Crippen LogP contribution in [0.2, 0.25) is 0 Å². The van der Waals surface area contributed by atoms with Gasteiger partial charge in [-0.1, -0.05) is 25.8 Å². The largest absolute Gasteiger partial charge is 0.334 e. The van der Waals surface area contributed by atoms with Crippen LogP contribution in [0.25, 0.3) is 0 Å². The Bertz CT molecular complexity index is 349. The third kappa shape index (κ3) is 4.42. The van der Waals surface area contributed by atoms with Crippen molar-refractivity contribution in [2.75, 3.05) is 0 Å². The Morgan fingerprint density at radius 3 is 2.72 bits per heavy atom. The predicted molar refractivity (Wildman–Crippen MR) is 77.5 cm³/mol. The van der Waals surface area contributed by atoms with E-state index in [1.807, 2.05) is 30.2 Å².